The summed E-state index contributed by atoms with van der Waals surface area (Å²) in [5.74, 6) is -0.204. The second-order valence-corrected chi connectivity index (χ2v) is 4.21. The highest BCUT2D eigenvalue weighted by Gasteiger charge is 2.15. The molecule has 0 fully saturated rings. The largest absolute Gasteiger partial charge is 0.238 e. The first-order chi connectivity index (χ1) is 7.84. The van der Waals surface area contributed by atoms with Crippen molar-refractivity contribution in [2.45, 2.75) is 25.7 Å². The zero-order valence-electron chi connectivity index (χ0n) is 8.99. The number of benzene rings is 1. The van der Waals surface area contributed by atoms with Gasteiger partial charge in [0.15, 0.2) is 0 Å². The van der Waals surface area contributed by atoms with E-state index in [1.165, 1.54) is 36.2 Å². The lowest BCUT2D eigenvalue weighted by Crippen LogP contribution is -2.07. The van der Waals surface area contributed by atoms with E-state index in [1.54, 1.807) is 12.1 Å². The van der Waals surface area contributed by atoms with Crippen LogP contribution in [-0.4, -0.2) is 9.78 Å². The molecular weight excluding hydrogens is 203 g/mol. The molecular formula is C13H13FN2. The number of hydrogen-bond acceptors (Lipinski definition) is 1. The van der Waals surface area contributed by atoms with E-state index in [1.807, 2.05) is 10.9 Å². The summed E-state index contributed by atoms with van der Waals surface area (Å²) in [4.78, 5) is 0. The second kappa shape index (κ2) is 3.74. The first-order valence-electron chi connectivity index (χ1n) is 5.66. The normalized spacial score (nSPS) is 14.8. The summed E-state index contributed by atoms with van der Waals surface area (Å²) in [5, 5.41) is 4.39. The van der Waals surface area contributed by atoms with Crippen LogP contribution in [0.3, 0.4) is 0 Å². The predicted molar refractivity (Wildman–Crippen MR) is 60.2 cm³/mol. The van der Waals surface area contributed by atoms with Gasteiger partial charge in [-0.25, -0.2) is 9.07 Å². The molecule has 0 spiro atoms. The molecule has 82 valence electrons. The van der Waals surface area contributed by atoms with Gasteiger partial charge in [0, 0.05) is 5.69 Å². The minimum Gasteiger partial charge on any atom is -0.238 e. The van der Waals surface area contributed by atoms with Crippen molar-refractivity contribution in [2.75, 3.05) is 0 Å². The lowest BCUT2D eigenvalue weighted by atomic mass is 9.98. The first-order valence-corrected chi connectivity index (χ1v) is 5.66. The molecule has 1 heterocycles. The second-order valence-electron chi connectivity index (χ2n) is 4.21. The average molecular weight is 216 g/mol. The van der Waals surface area contributed by atoms with Crippen molar-refractivity contribution in [2.24, 2.45) is 0 Å². The Kier molecular flexibility index (Phi) is 2.24. The number of halogens is 1. The number of rotatable bonds is 1. The van der Waals surface area contributed by atoms with Gasteiger partial charge in [0.2, 0.25) is 0 Å². The van der Waals surface area contributed by atoms with Crippen molar-refractivity contribution >= 4 is 0 Å². The summed E-state index contributed by atoms with van der Waals surface area (Å²) in [6.45, 7) is 0. The topological polar surface area (TPSA) is 17.8 Å². The highest BCUT2D eigenvalue weighted by atomic mass is 19.1. The van der Waals surface area contributed by atoms with E-state index in [4.69, 9.17) is 0 Å². The summed E-state index contributed by atoms with van der Waals surface area (Å²) in [6, 6.07) is 6.51. The average Bonchev–Trinajstić information content (AvgIpc) is 2.74. The molecule has 0 unspecified atom stereocenters. The van der Waals surface area contributed by atoms with Crippen molar-refractivity contribution in [1.29, 1.82) is 0 Å². The van der Waals surface area contributed by atoms with Gasteiger partial charge in [-0.1, -0.05) is 0 Å². The fourth-order valence-corrected chi connectivity index (χ4v) is 2.30. The number of fused-ring (bicyclic) bond motifs is 1. The fraction of sp³-hybridized carbons (Fsp3) is 0.308. The van der Waals surface area contributed by atoms with Crippen LogP contribution in [0.4, 0.5) is 4.39 Å². The Hall–Kier alpha value is -1.64. The molecule has 0 aliphatic heterocycles. The Labute approximate surface area is 93.7 Å². The summed E-state index contributed by atoms with van der Waals surface area (Å²) < 4.78 is 14.8. The minimum absolute atomic E-state index is 0.204. The number of hydrogen-bond donors (Lipinski definition) is 0. The van der Waals surface area contributed by atoms with Gasteiger partial charge in [-0.3, -0.25) is 0 Å². The van der Waals surface area contributed by atoms with Crippen molar-refractivity contribution < 1.29 is 4.39 Å². The maximum Gasteiger partial charge on any atom is 0.123 e. The third kappa shape index (κ3) is 1.52. The Balaban J connectivity index is 2.06. The van der Waals surface area contributed by atoms with Crippen LogP contribution in [0.2, 0.25) is 0 Å². The van der Waals surface area contributed by atoms with Crippen LogP contribution in [-0.2, 0) is 12.8 Å². The van der Waals surface area contributed by atoms with E-state index >= 15 is 0 Å². The van der Waals surface area contributed by atoms with E-state index in [0.29, 0.717) is 0 Å². The fourth-order valence-electron chi connectivity index (χ4n) is 2.30. The van der Waals surface area contributed by atoms with Crippen LogP contribution in [0.15, 0.2) is 30.5 Å². The van der Waals surface area contributed by atoms with Crippen LogP contribution in [0.1, 0.15) is 24.1 Å². The van der Waals surface area contributed by atoms with Gasteiger partial charge in [-0.2, -0.15) is 5.10 Å². The van der Waals surface area contributed by atoms with Gasteiger partial charge < -0.3 is 0 Å². The molecule has 0 atom stereocenters. The lowest BCUT2D eigenvalue weighted by Gasteiger charge is -2.13. The maximum absolute atomic E-state index is 12.8. The SMILES string of the molecule is Fc1ccc(-n2ncc3c2CCCC3)cc1. The van der Waals surface area contributed by atoms with Crippen molar-refractivity contribution in [3.8, 4) is 5.69 Å². The molecule has 3 rings (SSSR count). The van der Waals surface area contributed by atoms with E-state index in [-0.39, 0.29) is 5.82 Å². The molecule has 3 heteroatoms. The Bertz CT molecular complexity index is 499. The zero-order valence-corrected chi connectivity index (χ0v) is 8.99. The molecule has 0 saturated heterocycles. The number of aromatic nitrogens is 2. The minimum atomic E-state index is -0.204. The molecule has 0 bridgehead atoms. The zero-order chi connectivity index (χ0) is 11.0. The van der Waals surface area contributed by atoms with Crippen LogP contribution in [0, 0.1) is 5.82 Å². The molecule has 1 aromatic carbocycles. The van der Waals surface area contributed by atoms with Gasteiger partial charge in [-0.15, -0.1) is 0 Å². The van der Waals surface area contributed by atoms with Crippen LogP contribution in [0.25, 0.3) is 5.69 Å². The van der Waals surface area contributed by atoms with Crippen molar-refractivity contribution in [1.82, 2.24) is 9.78 Å². The van der Waals surface area contributed by atoms with E-state index < -0.39 is 0 Å². The van der Waals surface area contributed by atoms with Gasteiger partial charge in [0.05, 0.1) is 11.9 Å². The van der Waals surface area contributed by atoms with Gasteiger partial charge in [-0.05, 0) is 55.5 Å². The third-order valence-corrected chi connectivity index (χ3v) is 3.14. The van der Waals surface area contributed by atoms with Crippen LogP contribution in [0.5, 0.6) is 0 Å². The molecule has 1 aliphatic rings. The highest BCUT2D eigenvalue weighted by Crippen LogP contribution is 2.23. The molecule has 0 amide bonds. The predicted octanol–water partition coefficient (Wildman–Crippen LogP) is 2.89. The summed E-state index contributed by atoms with van der Waals surface area (Å²) in [6.07, 6.45) is 6.61. The smallest absolute Gasteiger partial charge is 0.123 e. The maximum atomic E-state index is 12.8. The summed E-state index contributed by atoms with van der Waals surface area (Å²) in [5.41, 5.74) is 3.58. The molecule has 0 radical (unpaired) electrons. The van der Waals surface area contributed by atoms with Gasteiger partial charge in [0.1, 0.15) is 5.82 Å². The highest BCUT2D eigenvalue weighted by molar-refractivity contribution is 5.36. The van der Waals surface area contributed by atoms with Crippen LogP contribution >= 0.6 is 0 Å². The molecule has 2 nitrogen and oxygen atoms in total. The quantitative estimate of drug-likeness (QED) is 0.716. The molecule has 1 aliphatic carbocycles. The molecule has 1 aromatic heterocycles. The molecule has 2 aromatic rings. The van der Waals surface area contributed by atoms with Gasteiger partial charge >= 0.3 is 0 Å². The standard InChI is InChI=1S/C13H13FN2/c14-11-5-7-12(8-6-11)16-13-4-2-1-3-10(13)9-15-16/h5-9H,1-4H2. The third-order valence-electron chi connectivity index (χ3n) is 3.14. The Morgan fingerprint density at radius 1 is 1.06 bits per heavy atom. The van der Waals surface area contributed by atoms with Crippen molar-refractivity contribution in [3.05, 3.63) is 47.5 Å². The summed E-state index contributed by atoms with van der Waals surface area (Å²) in [7, 11) is 0. The lowest BCUT2D eigenvalue weighted by molar-refractivity contribution is 0.625. The Morgan fingerprint density at radius 2 is 1.81 bits per heavy atom. The number of nitrogens with zero attached hydrogens (tertiary/aromatic N) is 2. The number of aryl methyl sites for hydroxylation is 1. The van der Waals surface area contributed by atoms with E-state index in [2.05, 4.69) is 5.10 Å². The Morgan fingerprint density at radius 3 is 2.62 bits per heavy atom. The van der Waals surface area contributed by atoms with E-state index in [0.717, 1.165) is 18.5 Å². The first kappa shape index (κ1) is 9.58. The van der Waals surface area contributed by atoms with Crippen LogP contribution < -0.4 is 0 Å². The molecule has 0 saturated carbocycles. The molecule has 0 N–H and O–H groups in total. The van der Waals surface area contributed by atoms with E-state index in [9.17, 15) is 4.39 Å². The summed E-state index contributed by atoms with van der Waals surface area (Å²) >= 11 is 0. The van der Waals surface area contributed by atoms with Crippen molar-refractivity contribution in [3.63, 3.8) is 0 Å². The molecule has 16 heavy (non-hydrogen) atoms. The van der Waals surface area contributed by atoms with Gasteiger partial charge in [0.25, 0.3) is 0 Å². The monoisotopic (exact) mass is 216 g/mol.